The summed E-state index contributed by atoms with van der Waals surface area (Å²) in [5.41, 5.74) is 1.71. The van der Waals surface area contributed by atoms with Crippen LogP contribution >= 0.6 is 11.6 Å². The predicted molar refractivity (Wildman–Crippen MR) is 108 cm³/mol. The van der Waals surface area contributed by atoms with Crippen molar-refractivity contribution in [3.05, 3.63) is 47.0 Å². The van der Waals surface area contributed by atoms with E-state index in [0.29, 0.717) is 28.0 Å². The fourth-order valence-corrected chi connectivity index (χ4v) is 2.72. The highest BCUT2D eigenvalue weighted by molar-refractivity contribution is 6.32. The maximum absolute atomic E-state index is 12.5. The molecule has 146 valence electrons. The van der Waals surface area contributed by atoms with E-state index in [0.717, 1.165) is 0 Å². The number of rotatable bonds is 6. The number of benzene rings is 2. The van der Waals surface area contributed by atoms with Crippen LogP contribution in [0.4, 0.5) is 5.69 Å². The second-order valence-electron chi connectivity index (χ2n) is 7.21. The van der Waals surface area contributed by atoms with Crippen LogP contribution in [0.2, 0.25) is 5.02 Å². The summed E-state index contributed by atoms with van der Waals surface area (Å²) in [6.07, 6.45) is -0.698. The van der Waals surface area contributed by atoms with Gasteiger partial charge in [0.25, 0.3) is 5.91 Å². The van der Waals surface area contributed by atoms with Crippen LogP contribution in [0, 0.1) is 0 Å². The maximum atomic E-state index is 12.5. The lowest BCUT2D eigenvalue weighted by Crippen LogP contribution is -2.30. The standard InChI is InChI=1S/C21H26ClNO4/c1-13(27-15-9-7-14(8-10-15)21(2,3)4)20(24)23-17-11-16(22)18(25-5)12-19(17)26-6/h7-13H,1-6H3,(H,23,24)/t13-/m1/s1. The van der Waals surface area contributed by atoms with E-state index < -0.39 is 6.10 Å². The van der Waals surface area contributed by atoms with E-state index in [1.54, 1.807) is 19.1 Å². The highest BCUT2D eigenvalue weighted by Crippen LogP contribution is 2.36. The first-order valence-corrected chi connectivity index (χ1v) is 9.03. The van der Waals surface area contributed by atoms with Gasteiger partial charge in [-0.1, -0.05) is 44.5 Å². The number of hydrogen-bond donors (Lipinski definition) is 1. The Hall–Kier alpha value is -2.40. The monoisotopic (exact) mass is 391 g/mol. The molecule has 0 radical (unpaired) electrons. The van der Waals surface area contributed by atoms with E-state index in [-0.39, 0.29) is 11.3 Å². The Labute approximate surface area is 165 Å². The fourth-order valence-electron chi connectivity index (χ4n) is 2.48. The maximum Gasteiger partial charge on any atom is 0.265 e. The summed E-state index contributed by atoms with van der Waals surface area (Å²) >= 11 is 6.14. The first kappa shape index (κ1) is 20.9. The van der Waals surface area contributed by atoms with Gasteiger partial charge >= 0.3 is 0 Å². The second-order valence-corrected chi connectivity index (χ2v) is 7.62. The van der Waals surface area contributed by atoms with Crippen molar-refractivity contribution in [2.24, 2.45) is 0 Å². The molecule has 0 saturated heterocycles. The SMILES string of the molecule is COc1cc(OC)c(NC(=O)[C@@H](C)Oc2ccc(C(C)(C)C)cc2)cc1Cl. The van der Waals surface area contributed by atoms with Crippen LogP contribution in [0.1, 0.15) is 33.3 Å². The quantitative estimate of drug-likeness (QED) is 0.747. The number of carbonyl (C=O) groups is 1. The van der Waals surface area contributed by atoms with Gasteiger partial charge in [-0.15, -0.1) is 0 Å². The number of halogens is 1. The summed E-state index contributed by atoms with van der Waals surface area (Å²) < 4.78 is 16.2. The smallest absolute Gasteiger partial charge is 0.265 e. The number of nitrogens with one attached hydrogen (secondary N) is 1. The van der Waals surface area contributed by atoms with Gasteiger partial charge in [0, 0.05) is 6.07 Å². The highest BCUT2D eigenvalue weighted by atomic mass is 35.5. The molecule has 0 fully saturated rings. The Morgan fingerprint density at radius 2 is 1.63 bits per heavy atom. The largest absolute Gasteiger partial charge is 0.495 e. The van der Waals surface area contributed by atoms with Gasteiger partial charge < -0.3 is 19.5 Å². The first-order chi connectivity index (χ1) is 12.7. The molecule has 0 aromatic heterocycles. The lowest BCUT2D eigenvalue weighted by molar-refractivity contribution is -0.122. The molecule has 5 nitrogen and oxygen atoms in total. The third kappa shape index (κ3) is 5.30. The van der Waals surface area contributed by atoms with Crippen LogP contribution in [0.25, 0.3) is 0 Å². The molecule has 0 unspecified atom stereocenters. The van der Waals surface area contributed by atoms with Crippen LogP contribution in [0.3, 0.4) is 0 Å². The van der Waals surface area contributed by atoms with E-state index in [9.17, 15) is 4.79 Å². The van der Waals surface area contributed by atoms with Crippen molar-refractivity contribution in [2.75, 3.05) is 19.5 Å². The summed E-state index contributed by atoms with van der Waals surface area (Å²) in [7, 11) is 3.02. The molecule has 1 N–H and O–H groups in total. The summed E-state index contributed by atoms with van der Waals surface area (Å²) in [4.78, 5) is 12.5. The number of ether oxygens (including phenoxy) is 3. The first-order valence-electron chi connectivity index (χ1n) is 8.65. The van der Waals surface area contributed by atoms with E-state index in [1.165, 1.54) is 19.8 Å². The van der Waals surface area contributed by atoms with Crippen LogP contribution in [-0.4, -0.2) is 26.2 Å². The summed E-state index contributed by atoms with van der Waals surface area (Å²) in [6, 6.07) is 11.0. The molecule has 2 aromatic carbocycles. The van der Waals surface area contributed by atoms with Gasteiger partial charge in [0.05, 0.1) is 24.9 Å². The highest BCUT2D eigenvalue weighted by Gasteiger charge is 2.19. The molecule has 2 aromatic rings. The minimum Gasteiger partial charge on any atom is -0.495 e. The van der Waals surface area contributed by atoms with Gasteiger partial charge in [-0.3, -0.25) is 4.79 Å². The molecule has 0 heterocycles. The normalized spacial score (nSPS) is 12.3. The van der Waals surface area contributed by atoms with Crippen molar-refractivity contribution in [2.45, 2.75) is 39.2 Å². The van der Waals surface area contributed by atoms with Crippen molar-refractivity contribution in [3.8, 4) is 17.2 Å². The van der Waals surface area contributed by atoms with E-state index in [2.05, 4.69) is 26.1 Å². The molecule has 0 saturated carbocycles. The van der Waals surface area contributed by atoms with E-state index >= 15 is 0 Å². The van der Waals surface area contributed by atoms with Crippen molar-refractivity contribution < 1.29 is 19.0 Å². The Balaban J connectivity index is 2.09. The van der Waals surface area contributed by atoms with Crippen molar-refractivity contribution >= 4 is 23.2 Å². The summed E-state index contributed by atoms with van der Waals surface area (Å²) in [6.45, 7) is 8.12. The fraction of sp³-hybridized carbons (Fsp3) is 0.381. The minimum atomic E-state index is -0.698. The molecule has 0 aliphatic carbocycles. The van der Waals surface area contributed by atoms with Crippen LogP contribution in [0.15, 0.2) is 36.4 Å². The van der Waals surface area contributed by atoms with Crippen LogP contribution < -0.4 is 19.5 Å². The third-order valence-corrected chi connectivity index (χ3v) is 4.43. The van der Waals surface area contributed by atoms with Gasteiger partial charge in [-0.2, -0.15) is 0 Å². The average molecular weight is 392 g/mol. The zero-order chi connectivity index (χ0) is 20.2. The molecule has 0 aliphatic heterocycles. The zero-order valence-corrected chi connectivity index (χ0v) is 17.3. The van der Waals surface area contributed by atoms with Gasteiger partial charge in [-0.25, -0.2) is 0 Å². The molecule has 0 aliphatic rings. The third-order valence-electron chi connectivity index (χ3n) is 4.13. The lowest BCUT2D eigenvalue weighted by atomic mass is 9.87. The Kier molecular flexibility index (Phi) is 6.60. The summed E-state index contributed by atoms with van der Waals surface area (Å²) in [5, 5.41) is 3.16. The zero-order valence-electron chi connectivity index (χ0n) is 16.6. The van der Waals surface area contributed by atoms with Gasteiger partial charge in [-0.05, 0) is 36.1 Å². The number of carbonyl (C=O) groups excluding carboxylic acids is 1. The van der Waals surface area contributed by atoms with E-state index in [1.807, 2.05) is 24.3 Å². The van der Waals surface area contributed by atoms with E-state index in [4.69, 9.17) is 25.8 Å². The molecular formula is C21H26ClNO4. The lowest BCUT2D eigenvalue weighted by Gasteiger charge is -2.20. The van der Waals surface area contributed by atoms with Crippen LogP contribution in [-0.2, 0) is 10.2 Å². The second kappa shape index (κ2) is 8.53. The number of amides is 1. The summed E-state index contributed by atoms with van der Waals surface area (Å²) in [5.74, 6) is 1.24. The molecule has 0 bridgehead atoms. The van der Waals surface area contributed by atoms with Crippen molar-refractivity contribution in [1.29, 1.82) is 0 Å². The Morgan fingerprint density at radius 1 is 1.04 bits per heavy atom. The molecule has 27 heavy (non-hydrogen) atoms. The molecule has 1 amide bonds. The Morgan fingerprint density at radius 3 is 2.15 bits per heavy atom. The van der Waals surface area contributed by atoms with Crippen molar-refractivity contribution in [1.82, 2.24) is 0 Å². The molecule has 1 atom stereocenters. The molecular weight excluding hydrogens is 366 g/mol. The van der Waals surface area contributed by atoms with Gasteiger partial charge in [0.2, 0.25) is 0 Å². The van der Waals surface area contributed by atoms with Crippen molar-refractivity contribution in [3.63, 3.8) is 0 Å². The number of hydrogen-bond acceptors (Lipinski definition) is 4. The predicted octanol–water partition coefficient (Wildman–Crippen LogP) is 5.06. The Bertz CT molecular complexity index is 797. The number of methoxy groups -OCH3 is 2. The van der Waals surface area contributed by atoms with Crippen LogP contribution in [0.5, 0.6) is 17.2 Å². The molecule has 0 spiro atoms. The molecule has 6 heteroatoms. The average Bonchev–Trinajstić information content (AvgIpc) is 2.61. The topological polar surface area (TPSA) is 56.8 Å². The van der Waals surface area contributed by atoms with Gasteiger partial charge in [0.15, 0.2) is 6.10 Å². The van der Waals surface area contributed by atoms with Gasteiger partial charge in [0.1, 0.15) is 17.2 Å². The number of anilines is 1. The minimum absolute atomic E-state index is 0.0612. The molecule has 2 rings (SSSR count).